The van der Waals surface area contributed by atoms with Gasteiger partial charge in [0, 0.05) is 0 Å². The van der Waals surface area contributed by atoms with Gasteiger partial charge in [0.2, 0.25) is 0 Å². The molecule has 0 atom stereocenters. The maximum absolute atomic E-state index is 2.75. The van der Waals surface area contributed by atoms with Crippen molar-refractivity contribution in [1.29, 1.82) is 0 Å². The van der Waals surface area contributed by atoms with Gasteiger partial charge >= 0.3 is 528 Å². The van der Waals surface area contributed by atoms with Gasteiger partial charge in [-0.2, -0.15) is 0 Å². The zero-order valence-corrected chi connectivity index (χ0v) is 51.3. The molecule has 0 radical (unpaired) electrons. The van der Waals surface area contributed by atoms with E-state index in [-0.39, 0.29) is 43.3 Å². The minimum absolute atomic E-state index is 0.0365. The number of hydrogen-bond acceptors (Lipinski definition) is 5. The van der Waals surface area contributed by atoms with Gasteiger partial charge in [0.15, 0.2) is 0 Å². The second-order valence-electron chi connectivity index (χ2n) is 22.7. The molecule has 18 rings (SSSR count). The van der Waals surface area contributed by atoms with E-state index in [9.17, 15) is 0 Å². The molecule has 406 valence electrons. The van der Waals surface area contributed by atoms with Gasteiger partial charge in [-0.1, -0.05) is 0 Å². The second kappa shape index (κ2) is 20.6. The first kappa shape index (κ1) is 50.7. The molecule has 0 N–H and O–H groups in total. The van der Waals surface area contributed by atoms with Crippen LogP contribution in [0.5, 0.6) is 0 Å². The Morgan fingerprint density at radius 1 is 0.299 bits per heavy atom. The normalized spacial score (nSPS) is 13.1. The van der Waals surface area contributed by atoms with E-state index < -0.39 is 0 Å². The summed E-state index contributed by atoms with van der Waals surface area (Å²) in [5, 5.41) is 2.64. The van der Waals surface area contributed by atoms with Crippen molar-refractivity contribution in [3.8, 4) is 11.1 Å². The van der Waals surface area contributed by atoms with E-state index in [0.717, 1.165) is 45.5 Å². The summed E-state index contributed by atoms with van der Waals surface area (Å²) in [6, 6.07) is 114. The molecule has 4 nitrogen and oxygen atoms in total. The topological polar surface area (TPSA) is 13.0 Å². The number of fused-ring (bicyclic) bond motifs is 11. The standard InChI is InChI=1S/C78H50B2N4SSe2/c1-7-25-52(26-8-1)81(53-27-9-2-10-28-53)58-46-68-75-72(48-58)86-77-64(79(75)62-38-20-22-40-66(62)83(68)56-33-15-5-16-34-56)50-65-78(74(77)51-43-44-61-60-37-19-24-42-70(60)85-71(61)45-51)87-73-49-59(82(54-29-11-3-12-30-54)55-31-13-4-14-32-55)47-69-76(73)80(65)63-39-21-23-41-67(63)84(69)57-35-17-6-18-36-57/h1-50H. The first-order valence-corrected chi connectivity index (χ1v) is 34.0. The molecule has 4 aliphatic rings. The summed E-state index contributed by atoms with van der Waals surface area (Å²) in [6.07, 6.45) is 0. The third-order valence-corrected chi connectivity index (χ3v) is 24.0. The van der Waals surface area contributed by atoms with Crippen molar-refractivity contribution in [2.24, 2.45) is 0 Å². The summed E-state index contributed by atoms with van der Waals surface area (Å²) in [5.41, 5.74) is 25.1. The van der Waals surface area contributed by atoms with Crippen molar-refractivity contribution in [3.05, 3.63) is 303 Å². The first-order chi connectivity index (χ1) is 43.2. The predicted octanol–water partition coefficient (Wildman–Crippen LogP) is 13.2. The Labute approximate surface area is 523 Å². The van der Waals surface area contributed by atoms with Crippen LogP contribution in [0.1, 0.15) is 0 Å². The molecule has 0 aliphatic carbocycles. The Morgan fingerprint density at radius 3 is 1.15 bits per heavy atom. The number of hydrogen-bond donors (Lipinski definition) is 0. The number of para-hydroxylation sites is 8. The third-order valence-electron chi connectivity index (χ3n) is 17.9. The van der Waals surface area contributed by atoms with Crippen LogP contribution in [-0.2, 0) is 0 Å². The number of anilines is 12. The van der Waals surface area contributed by atoms with Gasteiger partial charge < -0.3 is 0 Å². The van der Waals surface area contributed by atoms with Gasteiger partial charge in [-0.25, -0.2) is 0 Å². The summed E-state index contributed by atoms with van der Waals surface area (Å²) in [4.78, 5) is 10.1. The zero-order valence-electron chi connectivity index (χ0n) is 47.0. The average Bonchev–Trinajstić information content (AvgIpc) is 1.00. The van der Waals surface area contributed by atoms with Crippen LogP contribution in [0.2, 0.25) is 0 Å². The monoisotopic (exact) mass is 1260 g/mol. The van der Waals surface area contributed by atoms with Gasteiger partial charge in [0.05, 0.1) is 0 Å². The zero-order chi connectivity index (χ0) is 57.1. The Morgan fingerprint density at radius 2 is 0.690 bits per heavy atom. The number of thiophene rings is 1. The van der Waals surface area contributed by atoms with Crippen molar-refractivity contribution in [2.75, 3.05) is 19.6 Å². The Kier molecular flexibility index (Phi) is 12.0. The quantitative estimate of drug-likeness (QED) is 0.134. The Balaban J connectivity index is 0.948. The Hall–Kier alpha value is -9.55. The van der Waals surface area contributed by atoms with Crippen molar-refractivity contribution in [1.82, 2.24) is 0 Å². The predicted molar refractivity (Wildman–Crippen MR) is 376 cm³/mol. The van der Waals surface area contributed by atoms with Gasteiger partial charge in [0.25, 0.3) is 0 Å². The van der Waals surface area contributed by atoms with Crippen LogP contribution in [0.25, 0.3) is 31.3 Å². The molecule has 0 saturated heterocycles. The molecule has 9 heteroatoms. The van der Waals surface area contributed by atoms with Crippen LogP contribution in [0.15, 0.2) is 303 Å². The van der Waals surface area contributed by atoms with E-state index in [1.54, 1.807) is 0 Å². The SMILES string of the molecule is c1ccc(N(c2ccccc2)c2cc3c4c(c2)N(c2ccccc2)c2ccccc2B4c2cc4c(c(-c5ccc6c(c5)sc5ccccc56)c2[Se]3)[Se]c2cc(N(c3ccccc3)c3ccccc3)cc3c2B4c2ccccc2N3c2ccccc2)cc1. The summed E-state index contributed by atoms with van der Waals surface area (Å²) in [7, 11) is 0. The molecule has 13 aromatic carbocycles. The molecule has 0 unspecified atom stereocenters. The van der Waals surface area contributed by atoms with Crippen molar-refractivity contribution < 1.29 is 0 Å². The molecule has 0 fully saturated rings. The van der Waals surface area contributed by atoms with Crippen molar-refractivity contribution in [2.45, 2.75) is 0 Å². The van der Waals surface area contributed by atoms with Crippen LogP contribution in [-0.4, -0.2) is 43.3 Å². The summed E-state index contributed by atoms with van der Waals surface area (Å²) < 4.78 is 8.46. The molecule has 0 spiro atoms. The molecular formula is C78H50B2N4SSe2. The van der Waals surface area contributed by atoms with E-state index in [2.05, 4.69) is 323 Å². The molecule has 0 amide bonds. The fourth-order valence-electron chi connectivity index (χ4n) is 14.3. The summed E-state index contributed by atoms with van der Waals surface area (Å²) in [6.45, 7) is -0.0731. The molecule has 0 saturated carbocycles. The third kappa shape index (κ3) is 8.12. The van der Waals surface area contributed by atoms with E-state index in [0.29, 0.717) is 0 Å². The molecule has 5 heterocycles. The van der Waals surface area contributed by atoms with Gasteiger partial charge in [0.1, 0.15) is 0 Å². The molecular weight excluding hydrogens is 1200 g/mol. The van der Waals surface area contributed by atoms with E-state index in [1.807, 2.05) is 11.3 Å². The van der Waals surface area contributed by atoms with Gasteiger partial charge in [-0.3, -0.25) is 0 Å². The van der Waals surface area contributed by atoms with Crippen molar-refractivity contribution >= 4 is 194 Å². The number of benzene rings is 13. The van der Waals surface area contributed by atoms with Crippen LogP contribution < -0.4 is 70.2 Å². The second-order valence-corrected chi connectivity index (χ2v) is 28.2. The van der Waals surface area contributed by atoms with Crippen LogP contribution >= 0.6 is 11.3 Å². The minimum atomic E-state index is -0.144. The average molecular weight is 1250 g/mol. The summed E-state index contributed by atoms with van der Waals surface area (Å²) >= 11 is 1.63. The van der Waals surface area contributed by atoms with E-state index in [4.69, 9.17) is 0 Å². The maximum atomic E-state index is 2.75. The van der Waals surface area contributed by atoms with Crippen molar-refractivity contribution in [3.63, 3.8) is 0 Å². The van der Waals surface area contributed by atoms with E-state index >= 15 is 0 Å². The molecule has 0 bridgehead atoms. The fraction of sp³-hybridized carbons (Fsp3) is 0. The Bertz CT molecular complexity index is 4700. The van der Waals surface area contributed by atoms with Crippen LogP contribution in [0.4, 0.5) is 68.2 Å². The molecule has 1 aromatic heterocycles. The van der Waals surface area contributed by atoms with Crippen LogP contribution in [0.3, 0.4) is 0 Å². The molecule has 14 aromatic rings. The van der Waals surface area contributed by atoms with Crippen LogP contribution in [0, 0.1) is 0 Å². The molecule has 87 heavy (non-hydrogen) atoms. The molecule has 4 aliphatic heterocycles. The van der Waals surface area contributed by atoms with Gasteiger partial charge in [-0.15, -0.1) is 0 Å². The number of rotatable bonds is 9. The fourth-order valence-corrected chi connectivity index (χ4v) is 21.4. The first-order valence-electron chi connectivity index (χ1n) is 29.7. The summed E-state index contributed by atoms with van der Waals surface area (Å²) in [5.74, 6) is 0. The van der Waals surface area contributed by atoms with E-state index in [1.165, 1.54) is 105 Å². The van der Waals surface area contributed by atoms with Gasteiger partial charge in [-0.05, 0) is 0 Å². The number of nitrogens with zero attached hydrogens (tertiary/aromatic N) is 4.